The number of nitrogens with zero attached hydrogens (tertiary/aromatic N) is 4. The molecular formula is C26H24N4OS2. The van der Waals surface area contributed by atoms with Gasteiger partial charge in [-0.05, 0) is 72.8 Å². The maximum atomic E-state index is 13.5. The summed E-state index contributed by atoms with van der Waals surface area (Å²) in [6, 6.07) is 14.5. The largest absolute Gasteiger partial charge is 0.330 e. The fraction of sp³-hybridized carbons (Fsp3) is 0.269. The van der Waals surface area contributed by atoms with Crippen LogP contribution in [0.1, 0.15) is 44.7 Å². The molecule has 1 aliphatic rings. The Labute approximate surface area is 200 Å². The SMILES string of the molecule is Cc1nc2c3ccccc3nn2c(C)c1CCC(=O)N1CCc2sccc2C1c1cccs1. The van der Waals surface area contributed by atoms with Gasteiger partial charge in [0.15, 0.2) is 5.65 Å². The van der Waals surface area contributed by atoms with Gasteiger partial charge in [0.25, 0.3) is 0 Å². The molecule has 1 atom stereocenters. The van der Waals surface area contributed by atoms with Crippen LogP contribution in [0, 0.1) is 13.8 Å². The van der Waals surface area contributed by atoms with Gasteiger partial charge in [-0.15, -0.1) is 22.7 Å². The minimum absolute atomic E-state index is 0.0340. The van der Waals surface area contributed by atoms with E-state index < -0.39 is 0 Å². The van der Waals surface area contributed by atoms with Gasteiger partial charge < -0.3 is 4.90 Å². The number of hydrogen-bond donors (Lipinski definition) is 0. The lowest BCUT2D eigenvalue weighted by Gasteiger charge is -2.35. The second kappa shape index (κ2) is 8.08. The first-order valence-electron chi connectivity index (χ1n) is 11.2. The van der Waals surface area contributed by atoms with Crippen LogP contribution in [0.15, 0.2) is 53.2 Å². The van der Waals surface area contributed by atoms with E-state index in [1.165, 1.54) is 15.3 Å². The van der Waals surface area contributed by atoms with Crippen LogP contribution in [0.2, 0.25) is 0 Å². The molecule has 0 N–H and O–H groups in total. The molecule has 1 aliphatic heterocycles. The highest BCUT2D eigenvalue weighted by molar-refractivity contribution is 7.10. The molecule has 33 heavy (non-hydrogen) atoms. The first-order chi connectivity index (χ1) is 16.1. The maximum Gasteiger partial charge on any atom is 0.223 e. The number of carbonyl (C=O) groups is 1. The third kappa shape index (κ3) is 3.38. The van der Waals surface area contributed by atoms with Gasteiger partial charge in [-0.25, -0.2) is 9.50 Å². The quantitative estimate of drug-likeness (QED) is 0.336. The minimum atomic E-state index is 0.0340. The summed E-state index contributed by atoms with van der Waals surface area (Å²) in [5.74, 6) is 0.203. The topological polar surface area (TPSA) is 50.5 Å². The number of aromatic nitrogens is 3. The highest BCUT2D eigenvalue weighted by atomic mass is 32.1. The lowest BCUT2D eigenvalue weighted by atomic mass is 9.97. The smallest absolute Gasteiger partial charge is 0.223 e. The van der Waals surface area contributed by atoms with Crippen LogP contribution >= 0.6 is 22.7 Å². The number of rotatable bonds is 4. The molecule has 0 saturated heterocycles. The van der Waals surface area contributed by atoms with E-state index in [0.717, 1.165) is 46.5 Å². The summed E-state index contributed by atoms with van der Waals surface area (Å²) in [4.78, 5) is 23.1. The van der Waals surface area contributed by atoms with Crippen molar-refractivity contribution in [2.45, 2.75) is 39.2 Å². The molecule has 0 aliphatic carbocycles. The van der Waals surface area contributed by atoms with Crippen molar-refractivity contribution in [3.8, 4) is 0 Å². The van der Waals surface area contributed by atoms with Crippen LogP contribution in [0.5, 0.6) is 0 Å². The molecule has 4 aromatic heterocycles. The maximum absolute atomic E-state index is 13.5. The summed E-state index contributed by atoms with van der Waals surface area (Å²) in [6.45, 7) is 4.90. The molecule has 1 aromatic carbocycles. The standard InChI is InChI=1S/C26H24N4OS2/c1-16-18(17(2)30-26(27-16)19-6-3-4-7-21(19)28-30)9-10-24(31)29-13-11-22-20(12-15-33-22)25(29)23-8-5-14-32-23/h3-8,12,14-15,25H,9-11,13H2,1-2H3. The molecule has 0 radical (unpaired) electrons. The van der Waals surface area contributed by atoms with Gasteiger partial charge in [0.1, 0.15) is 0 Å². The molecule has 166 valence electrons. The second-order valence-electron chi connectivity index (χ2n) is 8.57. The van der Waals surface area contributed by atoms with E-state index in [-0.39, 0.29) is 11.9 Å². The van der Waals surface area contributed by atoms with E-state index in [9.17, 15) is 4.79 Å². The zero-order valence-electron chi connectivity index (χ0n) is 18.6. The number of carbonyl (C=O) groups excluding carboxylic acids is 1. The van der Waals surface area contributed by atoms with Crippen molar-refractivity contribution in [2.75, 3.05) is 6.54 Å². The van der Waals surface area contributed by atoms with E-state index in [0.29, 0.717) is 12.8 Å². The number of benzene rings is 1. The molecule has 0 spiro atoms. The number of aryl methyl sites for hydroxylation is 2. The van der Waals surface area contributed by atoms with Crippen molar-refractivity contribution < 1.29 is 4.79 Å². The van der Waals surface area contributed by atoms with Crippen LogP contribution in [0.3, 0.4) is 0 Å². The first-order valence-corrected chi connectivity index (χ1v) is 13.0. The Morgan fingerprint density at radius 2 is 1.97 bits per heavy atom. The van der Waals surface area contributed by atoms with Crippen molar-refractivity contribution in [2.24, 2.45) is 0 Å². The van der Waals surface area contributed by atoms with Crippen molar-refractivity contribution in [3.05, 3.63) is 85.5 Å². The Morgan fingerprint density at radius 1 is 1.09 bits per heavy atom. The van der Waals surface area contributed by atoms with E-state index in [1.54, 1.807) is 22.7 Å². The Balaban J connectivity index is 1.30. The van der Waals surface area contributed by atoms with Crippen LogP contribution in [0.4, 0.5) is 0 Å². The molecule has 7 heteroatoms. The molecule has 1 amide bonds. The highest BCUT2D eigenvalue weighted by Crippen LogP contribution is 2.39. The Hall–Kier alpha value is -3.03. The molecule has 0 bridgehead atoms. The zero-order valence-corrected chi connectivity index (χ0v) is 20.2. The third-order valence-electron chi connectivity index (χ3n) is 6.71. The van der Waals surface area contributed by atoms with Crippen LogP contribution < -0.4 is 0 Å². The van der Waals surface area contributed by atoms with Crippen LogP contribution in [-0.4, -0.2) is 31.9 Å². The highest BCUT2D eigenvalue weighted by Gasteiger charge is 2.33. The van der Waals surface area contributed by atoms with Gasteiger partial charge in [0.2, 0.25) is 5.91 Å². The van der Waals surface area contributed by atoms with Crippen molar-refractivity contribution >= 4 is 45.1 Å². The second-order valence-corrected chi connectivity index (χ2v) is 10.5. The number of fused-ring (bicyclic) bond motifs is 4. The van der Waals surface area contributed by atoms with E-state index >= 15 is 0 Å². The molecule has 6 rings (SSSR count). The van der Waals surface area contributed by atoms with Gasteiger partial charge in [-0.2, -0.15) is 5.10 Å². The predicted octanol–water partition coefficient (Wildman–Crippen LogP) is 5.73. The van der Waals surface area contributed by atoms with Gasteiger partial charge >= 0.3 is 0 Å². The molecule has 1 unspecified atom stereocenters. The average molecular weight is 473 g/mol. The molecule has 0 fully saturated rings. The van der Waals surface area contributed by atoms with Gasteiger partial charge in [0, 0.05) is 39.5 Å². The van der Waals surface area contributed by atoms with Crippen molar-refractivity contribution in [1.82, 2.24) is 19.5 Å². The van der Waals surface area contributed by atoms with Crippen LogP contribution in [-0.2, 0) is 17.6 Å². The lowest BCUT2D eigenvalue weighted by molar-refractivity contribution is -0.133. The van der Waals surface area contributed by atoms with E-state index in [4.69, 9.17) is 10.1 Å². The van der Waals surface area contributed by atoms with E-state index in [1.807, 2.05) is 29.6 Å². The minimum Gasteiger partial charge on any atom is -0.330 e. The first kappa shape index (κ1) is 20.6. The fourth-order valence-corrected chi connectivity index (χ4v) is 6.81. The summed E-state index contributed by atoms with van der Waals surface area (Å²) in [5, 5.41) is 10.1. The molecule has 0 saturated carbocycles. The summed E-state index contributed by atoms with van der Waals surface area (Å²) in [5.41, 5.74) is 6.28. The van der Waals surface area contributed by atoms with Gasteiger partial charge in [0.05, 0.1) is 11.6 Å². The summed E-state index contributed by atoms with van der Waals surface area (Å²) >= 11 is 3.54. The molecule has 5 heterocycles. The number of amides is 1. The summed E-state index contributed by atoms with van der Waals surface area (Å²) in [7, 11) is 0. The molecular weight excluding hydrogens is 448 g/mol. The lowest BCUT2D eigenvalue weighted by Crippen LogP contribution is -2.39. The molecule has 5 aromatic rings. The van der Waals surface area contributed by atoms with Crippen molar-refractivity contribution in [3.63, 3.8) is 0 Å². The van der Waals surface area contributed by atoms with Crippen molar-refractivity contribution in [1.29, 1.82) is 0 Å². The summed E-state index contributed by atoms with van der Waals surface area (Å²) in [6.07, 6.45) is 2.07. The fourth-order valence-electron chi connectivity index (χ4n) is 5.05. The summed E-state index contributed by atoms with van der Waals surface area (Å²) < 4.78 is 1.93. The molecule has 5 nitrogen and oxygen atoms in total. The predicted molar refractivity (Wildman–Crippen MR) is 134 cm³/mol. The van der Waals surface area contributed by atoms with Gasteiger partial charge in [-0.1, -0.05) is 18.2 Å². The Morgan fingerprint density at radius 3 is 2.82 bits per heavy atom. The third-order valence-corrected chi connectivity index (χ3v) is 8.63. The van der Waals surface area contributed by atoms with E-state index in [2.05, 4.69) is 46.8 Å². The number of thiophene rings is 2. The number of hydrogen-bond acceptors (Lipinski definition) is 5. The normalized spacial score (nSPS) is 15.9. The monoisotopic (exact) mass is 472 g/mol. The van der Waals surface area contributed by atoms with Gasteiger partial charge in [-0.3, -0.25) is 4.79 Å². The zero-order chi connectivity index (χ0) is 22.5. The Bertz CT molecular complexity index is 1480. The Kier molecular flexibility index (Phi) is 5.03. The van der Waals surface area contributed by atoms with Crippen LogP contribution in [0.25, 0.3) is 16.6 Å². The average Bonchev–Trinajstić information content (AvgIpc) is 3.58.